The minimum atomic E-state index is 0.630. The van der Waals surface area contributed by atoms with Crippen molar-refractivity contribution in [3.63, 3.8) is 0 Å². The van der Waals surface area contributed by atoms with E-state index in [1.54, 1.807) is 6.20 Å². The molecule has 0 aromatic carbocycles. The standard InChI is InChI=1S/C13H24N4/c1-11(2)17(4)8-6-5-7-14-13-9-12(3)10-15-16-13/h9-11H,5-8H2,1-4H3,(H,14,16). The third kappa shape index (κ3) is 5.63. The van der Waals surface area contributed by atoms with E-state index < -0.39 is 0 Å². The molecule has 1 N–H and O–H groups in total. The molecule has 0 aliphatic carbocycles. The number of hydrogen-bond donors (Lipinski definition) is 1. The molecule has 0 spiro atoms. The van der Waals surface area contributed by atoms with Crippen molar-refractivity contribution in [1.82, 2.24) is 15.1 Å². The molecular formula is C13H24N4. The van der Waals surface area contributed by atoms with Crippen LogP contribution in [0.25, 0.3) is 0 Å². The summed E-state index contributed by atoms with van der Waals surface area (Å²) in [5.41, 5.74) is 1.14. The fourth-order valence-electron chi connectivity index (χ4n) is 1.51. The van der Waals surface area contributed by atoms with Crippen molar-refractivity contribution >= 4 is 5.82 Å². The molecule has 4 heteroatoms. The predicted molar refractivity (Wildman–Crippen MR) is 72.3 cm³/mol. The summed E-state index contributed by atoms with van der Waals surface area (Å²) in [6.07, 6.45) is 4.14. The molecule has 0 aliphatic heterocycles. The van der Waals surface area contributed by atoms with E-state index in [1.807, 2.05) is 13.0 Å². The Morgan fingerprint density at radius 2 is 2.12 bits per heavy atom. The van der Waals surface area contributed by atoms with Crippen LogP contribution in [-0.4, -0.2) is 41.3 Å². The second-order valence-electron chi connectivity index (χ2n) is 4.83. The van der Waals surface area contributed by atoms with Crippen LogP contribution in [0.15, 0.2) is 12.3 Å². The van der Waals surface area contributed by atoms with E-state index in [0.717, 1.165) is 30.9 Å². The molecule has 1 rings (SSSR count). The summed E-state index contributed by atoms with van der Waals surface area (Å²) in [6.45, 7) is 8.58. The van der Waals surface area contributed by atoms with Crippen LogP contribution >= 0.6 is 0 Å². The number of nitrogens with one attached hydrogen (secondary N) is 1. The Kier molecular flexibility index (Phi) is 5.91. The molecule has 1 aromatic rings. The van der Waals surface area contributed by atoms with E-state index in [-0.39, 0.29) is 0 Å². The van der Waals surface area contributed by atoms with E-state index >= 15 is 0 Å². The molecule has 17 heavy (non-hydrogen) atoms. The van der Waals surface area contributed by atoms with Crippen LogP contribution in [0, 0.1) is 6.92 Å². The molecule has 0 fully saturated rings. The molecule has 0 saturated carbocycles. The number of nitrogens with zero attached hydrogens (tertiary/aromatic N) is 3. The van der Waals surface area contributed by atoms with Gasteiger partial charge in [-0.1, -0.05) is 0 Å². The Bertz CT molecular complexity index is 325. The number of rotatable bonds is 7. The highest BCUT2D eigenvalue weighted by molar-refractivity contribution is 5.34. The molecule has 0 aliphatic rings. The van der Waals surface area contributed by atoms with Gasteiger partial charge in [-0.3, -0.25) is 0 Å². The monoisotopic (exact) mass is 236 g/mol. The molecule has 4 nitrogen and oxygen atoms in total. The van der Waals surface area contributed by atoms with Crippen molar-refractivity contribution in [3.05, 3.63) is 17.8 Å². The van der Waals surface area contributed by atoms with Crippen LogP contribution in [0.5, 0.6) is 0 Å². The summed E-state index contributed by atoms with van der Waals surface area (Å²) in [7, 11) is 2.17. The van der Waals surface area contributed by atoms with Crippen LogP contribution in [-0.2, 0) is 0 Å². The molecular weight excluding hydrogens is 212 g/mol. The lowest BCUT2D eigenvalue weighted by Crippen LogP contribution is -2.27. The van der Waals surface area contributed by atoms with Gasteiger partial charge in [0.2, 0.25) is 0 Å². The topological polar surface area (TPSA) is 41.1 Å². The lowest BCUT2D eigenvalue weighted by molar-refractivity contribution is 0.269. The average molecular weight is 236 g/mol. The first-order valence-corrected chi connectivity index (χ1v) is 6.33. The van der Waals surface area contributed by atoms with Gasteiger partial charge < -0.3 is 10.2 Å². The number of anilines is 1. The second-order valence-corrected chi connectivity index (χ2v) is 4.83. The van der Waals surface area contributed by atoms with Gasteiger partial charge in [0.15, 0.2) is 0 Å². The zero-order valence-electron chi connectivity index (χ0n) is 11.4. The number of unbranched alkanes of at least 4 members (excludes halogenated alkanes) is 1. The zero-order chi connectivity index (χ0) is 12.7. The highest BCUT2D eigenvalue weighted by Gasteiger charge is 2.01. The van der Waals surface area contributed by atoms with E-state index in [4.69, 9.17) is 0 Å². The van der Waals surface area contributed by atoms with Gasteiger partial charge in [0.25, 0.3) is 0 Å². The van der Waals surface area contributed by atoms with Crippen LogP contribution in [0.1, 0.15) is 32.3 Å². The summed E-state index contributed by atoms with van der Waals surface area (Å²) < 4.78 is 0. The van der Waals surface area contributed by atoms with Gasteiger partial charge in [-0.15, -0.1) is 5.10 Å². The minimum Gasteiger partial charge on any atom is -0.369 e. The highest BCUT2D eigenvalue weighted by atomic mass is 15.2. The molecule has 0 bridgehead atoms. The van der Waals surface area contributed by atoms with E-state index in [9.17, 15) is 0 Å². The van der Waals surface area contributed by atoms with Crippen LogP contribution in [0.2, 0.25) is 0 Å². The molecule has 96 valence electrons. The summed E-state index contributed by atoms with van der Waals surface area (Å²) in [5.74, 6) is 0.877. The maximum absolute atomic E-state index is 4.03. The Labute approximate surface area is 104 Å². The van der Waals surface area contributed by atoms with Crippen molar-refractivity contribution in [2.24, 2.45) is 0 Å². The number of aromatic nitrogens is 2. The van der Waals surface area contributed by atoms with Crippen molar-refractivity contribution < 1.29 is 0 Å². The fraction of sp³-hybridized carbons (Fsp3) is 0.692. The Morgan fingerprint density at radius 1 is 1.35 bits per heavy atom. The summed E-state index contributed by atoms with van der Waals surface area (Å²) in [5, 5.41) is 11.2. The molecule has 1 aromatic heterocycles. The van der Waals surface area contributed by atoms with Crippen LogP contribution < -0.4 is 5.32 Å². The highest BCUT2D eigenvalue weighted by Crippen LogP contribution is 2.04. The first-order chi connectivity index (χ1) is 8.09. The normalized spacial score (nSPS) is 11.2. The Hall–Kier alpha value is -1.16. The van der Waals surface area contributed by atoms with Gasteiger partial charge in [0, 0.05) is 12.6 Å². The third-order valence-electron chi connectivity index (χ3n) is 2.92. The second kappa shape index (κ2) is 7.22. The van der Waals surface area contributed by atoms with Crippen LogP contribution in [0.3, 0.4) is 0 Å². The molecule has 0 unspecified atom stereocenters. The quantitative estimate of drug-likeness (QED) is 0.738. The molecule has 0 saturated heterocycles. The summed E-state index contributed by atoms with van der Waals surface area (Å²) in [6, 6.07) is 2.65. The number of hydrogen-bond acceptors (Lipinski definition) is 4. The van der Waals surface area contributed by atoms with Gasteiger partial charge in [0.05, 0.1) is 6.20 Å². The smallest absolute Gasteiger partial charge is 0.148 e. The average Bonchev–Trinajstić information content (AvgIpc) is 2.28. The molecule has 1 heterocycles. The maximum atomic E-state index is 4.03. The number of aryl methyl sites for hydroxylation is 1. The van der Waals surface area contributed by atoms with Gasteiger partial charge in [-0.25, -0.2) is 0 Å². The Morgan fingerprint density at radius 3 is 2.76 bits per heavy atom. The lowest BCUT2D eigenvalue weighted by Gasteiger charge is -2.20. The van der Waals surface area contributed by atoms with Gasteiger partial charge in [-0.2, -0.15) is 5.10 Å². The largest absolute Gasteiger partial charge is 0.369 e. The van der Waals surface area contributed by atoms with E-state index in [1.165, 1.54) is 6.42 Å². The predicted octanol–water partition coefficient (Wildman–Crippen LogP) is 2.32. The molecule has 0 radical (unpaired) electrons. The molecule has 0 atom stereocenters. The van der Waals surface area contributed by atoms with Gasteiger partial charge in [-0.05, 0) is 58.8 Å². The first-order valence-electron chi connectivity index (χ1n) is 6.33. The summed E-state index contributed by atoms with van der Waals surface area (Å²) in [4.78, 5) is 2.37. The zero-order valence-corrected chi connectivity index (χ0v) is 11.4. The first kappa shape index (κ1) is 13.9. The van der Waals surface area contributed by atoms with Crippen molar-refractivity contribution in [1.29, 1.82) is 0 Å². The lowest BCUT2D eigenvalue weighted by atomic mass is 10.2. The third-order valence-corrected chi connectivity index (χ3v) is 2.92. The Balaban J connectivity index is 2.12. The molecule has 0 amide bonds. The van der Waals surface area contributed by atoms with E-state index in [2.05, 4.69) is 41.3 Å². The SMILES string of the molecule is Cc1cnnc(NCCCCN(C)C(C)C)c1. The van der Waals surface area contributed by atoms with E-state index in [0.29, 0.717) is 6.04 Å². The van der Waals surface area contributed by atoms with Crippen molar-refractivity contribution in [2.45, 2.75) is 39.7 Å². The van der Waals surface area contributed by atoms with Crippen LogP contribution in [0.4, 0.5) is 5.82 Å². The maximum Gasteiger partial charge on any atom is 0.148 e. The van der Waals surface area contributed by atoms with Gasteiger partial charge >= 0.3 is 0 Å². The van der Waals surface area contributed by atoms with Crippen molar-refractivity contribution in [3.8, 4) is 0 Å². The van der Waals surface area contributed by atoms with Gasteiger partial charge in [0.1, 0.15) is 5.82 Å². The summed E-state index contributed by atoms with van der Waals surface area (Å²) >= 11 is 0. The minimum absolute atomic E-state index is 0.630. The van der Waals surface area contributed by atoms with Crippen molar-refractivity contribution in [2.75, 3.05) is 25.5 Å². The fourth-order valence-corrected chi connectivity index (χ4v) is 1.51.